The van der Waals surface area contributed by atoms with Crippen molar-refractivity contribution in [3.8, 4) is 11.5 Å². The molecule has 1 unspecified atom stereocenters. The van der Waals surface area contributed by atoms with Gasteiger partial charge in [0, 0.05) is 26.4 Å². The minimum absolute atomic E-state index is 0.169. The molecule has 1 aromatic rings. The molecular weight excluding hydrogens is 410 g/mol. The molecule has 0 bridgehead atoms. The Morgan fingerprint density at radius 3 is 2.62 bits per heavy atom. The second-order valence-corrected chi connectivity index (χ2v) is 8.83. The third-order valence-corrected chi connectivity index (χ3v) is 6.17. The molecule has 0 aliphatic carbocycles. The smallest absolute Gasteiger partial charge is 0.392 e. The predicted octanol–water partition coefficient (Wildman–Crippen LogP) is 1.65. The largest absolute Gasteiger partial charge is 0.493 e. The molecule has 3 heterocycles. The molecule has 1 aromatic carbocycles. The SMILES string of the molecule is COc1ccc(CC[N+]2=C3N=C4C(C(=O)N(CC(C)C)C(=O)N4C)N3CCC2)cc1OC. The Morgan fingerprint density at radius 1 is 1.19 bits per heavy atom. The number of fused-ring (bicyclic) bond motifs is 3. The topological polar surface area (TPSA) is 77.7 Å². The average Bonchev–Trinajstić information content (AvgIpc) is 3.19. The van der Waals surface area contributed by atoms with Crippen LogP contribution in [0.3, 0.4) is 0 Å². The quantitative estimate of drug-likeness (QED) is 0.600. The summed E-state index contributed by atoms with van der Waals surface area (Å²) in [6.07, 6.45) is 1.74. The Bertz CT molecular complexity index is 987. The number of urea groups is 1. The molecule has 172 valence electrons. The van der Waals surface area contributed by atoms with E-state index in [1.807, 2.05) is 32.0 Å². The summed E-state index contributed by atoms with van der Waals surface area (Å²) >= 11 is 0. The first kappa shape index (κ1) is 22.1. The lowest BCUT2D eigenvalue weighted by atomic mass is 10.1. The molecule has 1 atom stereocenters. The van der Waals surface area contributed by atoms with E-state index >= 15 is 0 Å². The first-order chi connectivity index (χ1) is 15.3. The van der Waals surface area contributed by atoms with E-state index in [1.165, 1.54) is 9.80 Å². The molecule has 0 aromatic heterocycles. The number of benzene rings is 1. The molecule has 3 amide bonds. The number of hydrogen-bond acceptors (Lipinski definition) is 6. The van der Waals surface area contributed by atoms with Gasteiger partial charge in [0.25, 0.3) is 5.91 Å². The number of nitrogens with zero attached hydrogens (tertiary/aromatic N) is 5. The van der Waals surface area contributed by atoms with Crippen LogP contribution in [0.25, 0.3) is 0 Å². The zero-order valence-electron chi connectivity index (χ0n) is 19.5. The van der Waals surface area contributed by atoms with Gasteiger partial charge in [-0.1, -0.05) is 24.9 Å². The van der Waals surface area contributed by atoms with Crippen LogP contribution < -0.4 is 9.47 Å². The number of rotatable bonds is 7. The van der Waals surface area contributed by atoms with Crippen LogP contribution in [0.2, 0.25) is 0 Å². The van der Waals surface area contributed by atoms with Crippen molar-refractivity contribution in [2.75, 3.05) is 47.4 Å². The van der Waals surface area contributed by atoms with Crippen LogP contribution >= 0.6 is 0 Å². The number of carbonyl (C=O) groups excluding carboxylic acids is 2. The second kappa shape index (κ2) is 8.80. The molecule has 4 rings (SSSR count). The summed E-state index contributed by atoms with van der Waals surface area (Å²) in [5, 5.41) is 0. The fraction of sp³-hybridized carbons (Fsp3) is 0.565. The average molecular weight is 443 g/mol. The zero-order chi connectivity index (χ0) is 23.0. The monoisotopic (exact) mass is 442 g/mol. The fourth-order valence-electron chi connectivity index (χ4n) is 4.56. The van der Waals surface area contributed by atoms with Crippen molar-refractivity contribution >= 4 is 23.7 Å². The Hall–Kier alpha value is -3.10. The fourth-order valence-corrected chi connectivity index (χ4v) is 4.56. The maximum Gasteiger partial charge on any atom is 0.392 e. The molecule has 0 saturated carbocycles. The number of ether oxygens (including phenoxy) is 2. The standard InChI is InChI=1S/C23H32N5O4/c1-15(2)14-28-21(29)19-20(25(3)23(28)30)24-22-26(10-6-11-27(19)22)12-9-16-7-8-17(31-4)18(13-16)32-5/h7-8,13,15,19H,6,9-12,14H2,1-5H3/q+1. The highest BCUT2D eigenvalue weighted by molar-refractivity contribution is 6.25. The minimum atomic E-state index is -0.518. The van der Waals surface area contributed by atoms with E-state index < -0.39 is 6.04 Å². The van der Waals surface area contributed by atoms with Crippen LogP contribution in [-0.2, 0) is 11.2 Å². The number of guanidine groups is 1. The Morgan fingerprint density at radius 2 is 1.94 bits per heavy atom. The molecule has 0 radical (unpaired) electrons. The van der Waals surface area contributed by atoms with Crippen LogP contribution in [0.15, 0.2) is 23.2 Å². The third-order valence-electron chi connectivity index (χ3n) is 6.17. The summed E-state index contributed by atoms with van der Waals surface area (Å²) < 4.78 is 13.0. The lowest BCUT2D eigenvalue weighted by molar-refractivity contribution is -0.538. The molecule has 9 heteroatoms. The van der Waals surface area contributed by atoms with E-state index in [2.05, 4.69) is 9.48 Å². The molecule has 9 nitrogen and oxygen atoms in total. The van der Waals surface area contributed by atoms with Crippen LogP contribution in [0.1, 0.15) is 25.8 Å². The van der Waals surface area contributed by atoms with Crippen molar-refractivity contribution in [3.63, 3.8) is 0 Å². The van der Waals surface area contributed by atoms with Gasteiger partial charge in [-0.3, -0.25) is 19.2 Å². The summed E-state index contributed by atoms with van der Waals surface area (Å²) in [4.78, 5) is 35.8. The van der Waals surface area contributed by atoms with E-state index in [4.69, 9.17) is 14.5 Å². The highest BCUT2D eigenvalue weighted by atomic mass is 16.5. The number of amidine groups is 1. The van der Waals surface area contributed by atoms with Gasteiger partial charge in [0.15, 0.2) is 11.5 Å². The summed E-state index contributed by atoms with van der Waals surface area (Å²) in [6, 6.07) is 5.13. The molecule has 1 saturated heterocycles. The van der Waals surface area contributed by atoms with Gasteiger partial charge in [0.2, 0.25) is 11.9 Å². The van der Waals surface area contributed by atoms with Gasteiger partial charge < -0.3 is 9.47 Å². The van der Waals surface area contributed by atoms with E-state index in [0.717, 1.165) is 44.0 Å². The maximum absolute atomic E-state index is 13.3. The zero-order valence-corrected chi connectivity index (χ0v) is 19.5. The van der Waals surface area contributed by atoms with Crippen molar-refractivity contribution in [3.05, 3.63) is 23.8 Å². The lowest BCUT2D eigenvalue weighted by Crippen LogP contribution is -2.65. The Labute approximate surface area is 188 Å². The summed E-state index contributed by atoms with van der Waals surface area (Å²) in [5.41, 5.74) is 1.13. The van der Waals surface area contributed by atoms with Gasteiger partial charge in [0.05, 0.1) is 33.9 Å². The lowest BCUT2D eigenvalue weighted by Gasteiger charge is -2.36. The Balaban J connectivity index is 1.58. The predicted molar refractivity (Wildman–Crippen MR) is 121 cm³/mol. The van der Waals surface area contributed by atoms with Gasteiger partial charge >= 0.3 is 12.0 Å². The van der Waals surface area contributed by atoms with Crippen molar-refractivity contribution in [1.82, 2.24) is 14.7 Å². The van der Waals surface area contributed by atoms with Crippen LogP contribution in [0.4, 0.5) is 4.79 Å². The van der Waals surface area contributed by atoms with E-state index in [-0.39, 0.29) is 17.9 Å². The number of methoxy groups -OCH3 is 2. The number of imide groups is 1. The second-order valence-electron chi connectivity index (χ2n) is 8.83. The van der Waals surface area contributed by atoms with E-state index in [1.54, 1.807) is 21.3 Å². The molecule has 1 fully saturated rings. The van der Waals surface area contributed by atoms with Gasteiger partial charge in [-0.15, -0.1) is 0 Å². The van der Waals surface area contributed by atoms with E-state index in [0.29, 0.717) is 23.9 Å². The maximum atomic E-state index is 13.3. The summed E-state index contributed by atoms with van der Waals surface area (Å²) in [5.74, 6) is 2.78. The number of hydrogen-bond donors (Lipinski definition) is 0. The van der Waals surface area contributed by atoms with Crippen molar-refractivity contribution < 1.29 is 23.6 Å². The van der Waals surface area contributed by atoms with Gasteiger partial charge in [-0.2, -0.15) is 0 Å². The number of aliphatic imine (C=N–C) groups is 1. The summed E-state index contributed by atoms with van der Waals surface area (Å²) in [6.45, 7) is 6.80. The third kappa shape index (κ3) is 3.80. The van der Waals surface area contributed by atoms with Crippen molar-refractivity contribution in [2.45, 2.75) is 32.7 Å². The van der Waals surface area contributed by atoms with Gasteiger partial charge in [0.1, 0.15) is 0 Å². The normalized spacial score (nSPS) is 20.6. The van der Waals surface area contributed by atoms with Gasteiger partial charge in [-0.25, -0.2) is 9.69 Å². The number of amides is 3. The first-order valence-electron chi connectivity index (χ1n) is 11.1. The van der Waals surface area contributed by atoms with Crippen LogP contribution in [-0.4, -0.2) is 96.5 Å². The Kier molecular flexibility index (Phi) is 6.08. The van der Waals surface area contributed by atoms with Crippen LogP contribution in [0.5, 0.6) is 11.5 Å². The number of carbonyl (C=O) groups is 2. The highest BCUT2D eigenvalue weighted by Crippen LogP contribution is 2.29. The number of likely N-dealkylation sites (N-methyl/N-ethyl adjacent to an activating group) is 1. The highest BCUT2D eigenvalue weighted by Gasteiger charge is 2.56. The molecule has 3 aliphatic heterocycles. The molecular formula is C23H32N5O4+. The van der Waals surface area contributed by atoms with Crippen molar-refractivity contribution in [1.29, 1.82) is 0 Å². The van der Waals surface area contributed by atoms with E-state index in [9.17, 15) is 9.59 Å². The van der Waals surface area contributed by atoms with Crippen LogP contribution in [0, 0.1) is 5.92 Å². The van der Waals surface area contributed by atoms with Gasteiger partial charge in [-0.05, 0) is 23.6 Å². The summed E-state index contributed by atoms with van der Waals surface area (Å²) in [7, 11) is 4.97. The van der Waals surface area contributed by atoms with Crippen molar-refractivity contribution in [2.24, 2.45) is 10.9 Å². The molecule has 32 heavy (non-hydrogen) atoms. The molecule has 3 aliphatic rings. The molecule has 0 spiro atoms. The molecule has 0 N–H and O–H groups in total. The first-order valence-corrected chi connectivity index (χ1v) is 11.1. The minimum Gasteiger partial charge on any atom is -0.493 e.